The Bertz CT molecular complexity index is 383. The molecule has 1 N–H and O–H groups in total. The molecule has 1 aliphatic carbocycles. The van der Waals surface area contributed by atoms with E-state index in [1.165, 1.54) is 38.8 Å². The van der Waals surface area contributed by atoms with E-state index >= 15 is 0 Å². The number of carbonyl (C=O) groups excluding carboxylic acids is 1. The highest BCUT2D eigenvalue weighted by Gasteiger charge is 2.48. The van der Waals surface area contributed by atoms with E-state index in [4.69, 9.17) is 4.74 Å². The number of hydrogen-bond donors (Lipinski definition) is 1. The summed E-state index contributed by atoms with van der Waals surface area (Å²) in [7, 11) is 0. The van der Waals surface area contributed by atoms with Crippen molar-refractivity contribution in [2.75, 3.05) is 19.6 Å². The van der Waals surface area contributed by atoms with Gasteiger partial charge in [-0.2, -0.15) is 0 Å². The molecule has 1 amide bonds. The average Bonchev–Trinajstić information content (AvgIpc) is 2.84. The van der Waals surface area contributed by atoms with Gasteiger partial charge in [-0.05, 0) is 83.7 Å². The smallest absolute Gasteiger partial charge is 0.407 e. The third-order valence-electron chi connectivity index (χ3n) is 5.58. The van der Waals surface area contributed by atoms with E-state index in [1.54, 1.807) is 0 Å². The number of nitrogens with zero attached hydrogens (tertiary/aromatic N) is 1. The van der Waals surface area contributed by atoms with E-state index in [2.05, 4.69) is 10.2 Å². The summed E-state index contributed by atoms with van der Waals surface area (Å²) in [5.41, 5.74) is -0.406. The monoisotopic (exact) mass is 294 g/mol. The first-order valence-electron chi connectivity index (χ1n) is 8.65. The van der Waals surface area contributed by atoms with E-state index in [0.29, 0.717) is 0 Å². The lowest BCUT2D eigenvalue weighted by Gasteiger charge is -2.50. The maximum Gasteiger partial charge on any atom is 0.407 e. The third-order valence-corrected chi connectivity index (χ3v) is 5.58. The molecule has 4 heteroatoms. The number of piperidine rings is 3. The van der Waals surface area contributed by atoms with E-state index in [0.717, 1.165) is 36.8 Å². The minimum atomic E-state index is -0.406. The molecule has 3 atom stereocenters. The average molecular weight is 294 g/mol. The Morgan fingerprint density at radius 1 is 1.19 bits per heavy atom. The highest BCUT2D eigenvalue weighted by atomic mass is 16.6. The zero-order valence-electron chi connectivity index (χ0n) is 13.7. The van der Waals surface area contributed by atoms with Crippen molar-refractivity contribution in [2.45, 2.75) is 64.5 Å². The molecule has 0 spiro atoms. The molecule has 0 aromatic rings. The number of amides is 1. The van der Waals surface area contributed by atoms with Gasteiger partial charge in [0.25, 0.3) is 0 Å². The standard InChI is InChI=1S/C17H30N2O2/c1-17(2,3)21-16(20)18-9-6-13-4-5-14-12-7-10-19(11-8-12)15(13)14/h12-15H,4-11H2,1-3H3,(H,18,20). The number of ether oxygens (including phenoxy) is 1. The summed E-state index contributed by atoms with van der Waals surface area (Å²) in [6.07, 6.45) is 6.42. The normalized spacial score (nSPS) is 38.1. The lowest BCUT2D eigenvalue weighted by Crippen LogP contribution is -2.54. The van der Waals surface area contributed by atoms with Crippen LogP contribution in [0, 0.1) is 17.8 Å². The molecule has 0 aromatic carbocycles. The van der Waals surface area contributed by atoms with Crippen LogP contribution in [-0.4, -0.2) is 42.3 Å². The molecular weight excluding hydrogens is 264 g/mol. The van der Waals surface area contributed by atoms with Crippen LogP contribution in [0.3, 0.4) is 0 Å². The minimum absolute atomic E-state index is 0.275. The van der Waals surface area contributed by atoms with Gasteiger partial charge in [0.05, 0.1) is 0 Å². The second-order valence-electron chi connectivity index (χ2n) is 8.08. The van der Waals surface area contributed by atoms with E-state index in [-0.39, 0.29) is 6.09 Å². The van der Waals surface area contributed by atoms with Crippen molar-refractivity contribution in [1.82, 2.24) is 10.2 Å². The molecule has 3 aliphatic heterocycles. The van der Waals surface area contributed by atoms with Crippen LogP contribution in [0.15, 0.2) is 0 Å². The fourth-order valence-corrected chi connectivity index (χ4v) is 4.82. The van der Waals surface area contributed by atoms with Gasteiger partial charge in [0.2, 0.25) is 0 Å². The van der Waals surface area contributed by atoms with Gasteiger partial charge in [-0.15, -0.1) is 0 Å². The largest absolute Gasteiger partial charge is 0.444 e. The molecule has 3 unspecified atom stereocenters. The molecule has 3 saturated heterocycles. The van der Waals surface area contributed by atoms with Crippen LogP contribution in [0.4, 0.5) is 4.79 Å². The molecule has 0 radical (unpaired) electrons. The van der Waals surface area contributed by atoms with Crippen molar-refractivity contribution >= 4 is 6.09 Å². The van der Waals surface area contributed by atoms with Crippen LogP contribution in [0.1, 0.15) is 52.9 Å². The molecule has 21 heavy (non-hydrogen) atoms. The number of hydrogen-bond acceptors (Lipinski definition) is 3. The topological polar surface area (TPSA) is 41.6 Å². The van der Waals surface area contributed by atoms with Gasteiger partial charge in [-0.3, -0.25) is 4.90 Å². The van der Waals surface area contributed by atoms with Crippen LogP contribution in [-0.2, 0) is 4.74 Å². The molecule has 3 heterocycles. The molecular formula is C17H30N2O2. The number of nitrogens with one attached hydrogen (secondary N) is 1. The second kappa shape index (κ2) is 5.79. The number of alkyl carbamates (subject to hydrolysis) is 1. The molecule has 120 valence electrons. The summed E-state index contributed by atoms with van der Waals surface area (Å²) in [5.74, 6) is 2.70. The van der Waals surface area contributed by atoms with Gasteiger partial charge in [-0.1, -0.05) is 0 Å². The first-order valence-corrected chi connectivity index (χ1v) is 8.65. The Balaban J connectivity index is 1.45. The summed E-state index contributed by atoms with van der Waals surface area (Å²) in [5, 5.41) is 2.93. The predicted molar refractivity (Wildman–Crippen MR) is 83.2 cm³/mol. The Hall–Kier alpha value is -0.770. The van der Waals surface area contributed by atoms with Gasteiger partial charge in [0.1, 0.15) is 5.60 Å². The van der Waals surface area contributed by atoms with Crippen LogP contribution >= 0.6 is 0 Å². The highest BCUT2D eigenvalue weighted by molar-refractivity contribution is 5.67. The summed E-state index contributed by atoms with van der Waals surface area (Å²) in [4.78, 5) is 14.4. The highest BCUT2D eigenvalue weighted by Crippen LogP contribution is 2.49. The minimum Gasteiger partial charge on any atom is -0.444 e. The maximum atomic E-state index is 11.7. The zero-order valence-corrected chi connectivity index (χ0v) is 13.7. The number of carbonyl (C=O) groups is 1. The van der Waals surface area contributed by atoms with Gasteiger partial charge in [-0.25, -0.2) is 4.79 Å². The van der Waals surface area contributed by atoms with Crippen molar-refractivity contribution in [2.24, 2.45) is 17.8 Å². The molecule has 4 rings (SSSR count). The van der Waals surface area contributed by atoms with Crippen LogP contribution in [0.2, 0.25) is 0 Å². The van der Waals surface area contributed by atoms with Gasteiger partial charge in [0, 0.05) is 12.6 Å². The second-order valence-corrected chi connectivity index (χ2v) is 8.08. The van der Waals surface area contributed by atoms with E-state index in [1.807, 2.05) is 20.8 Å². The van der Waals surface area contributed by atoms with Crippen LogP contribution in [0.5, 0.6) is 0 Å². The predicted octanol–water partition coefficient (Wildman–Crippen LogP) is 3.02. The quantitative estimate of drug-likeness (QED) is 0.870. The summed E-state index contributed by atoms with van der Waals surface area (Å²) < 4.78 is 5.30. The van der Waals surface area contributed by atoms with Gasteiger partial charge >= 0.3 is 6.09 Å². The SMILES string of the molecule is CC(C)(C)OC(=O)NCCC1CCC2C3CCN(CC3)C12. The van der Waals surface area contributed by atoms with E-state index < -0.39 is 5.60 Å². The molecule has 0 aromatic heterocycles. The number of rotatable bonds is 3. The number of fused-ring (bicyclic) bond motifs is 2. The van der Waals surface area contributed by atoms with Crippen molar-refractivity contribution in [3.05, 3.63) is 0 Å². The first-order chi connectivity index (χ1) is 9.94. The van der Waals surface area contributed by atoms with Crippen molar-refractivity contribution in [1.29, 1.82) is 0 Å². The molecule has 4 aliphatic rings. The lowest BCUT2D eigenvalue weighted by atomic mass is 9.73. The Labute approximate surface area is 128 Å². The molecule has 1 saturated carbocycles. The zero-order chi connectivity index (χ0) is 15.0. The maximum absolute atomic E-state index is 11.7. The van der Waals surface area contributed by atoms with E-state index in [9.17, 15) is 4.79 Å². The Kier molecular flexibility index (Phi) is 4.17. The van der Waals surface area contributed by atoms with Gasteiger partial charge in [0.15, 0.2) is 0 Å². The Morgan fingerprint density at radius 2 is 1.90 bits per heavy atom. The molecule has 2 bridgehead atoms. The van der Waals surface area contributed by atoms with Gasteiger partial charge < -0.3 is 10.1 Å². The summed E-state index contributed by atoms with van der Waals surface area (Å²) in [6, 6.07) is 0.804. The molecule has 4 fully saturated rings. The first kappa shape index (κ1) is 15.1. The van der Waals surface area contributed by atoms with Crippen molar-refractivity contribution < 1.29 is 9.53 Å². The Morgan fingerprint density at radius 3 is 2.57 bits per heavy atom. The van der Waals surface area contributed by atoms with Crippen molar-refractivity contribution in [3.63, 3.8) is 0 Å². The third kappa shape index (κ3) is 3.36. The van der Waals surface area contributed by atoms with Crippen molar-refractivity contribution in [3.8, 4) is 0 Å². The fourth-order valence-electron chi connectivity index (χ4n) is 4.82. The van der Waals surface area contributed by atoms with Crippen LogP contribution in [0.25, 0.3) is 0 Å². The fraction of sp³-hybridized carbons (Fsp3) is 0.941. The summed E-state index contributed by atoms with van der Waals surface area (Å²) >= 11 is 0. The summed E-state index contributed by atoms with van der Waals surface area (Å²) in [6.45, 7) is 9.07. The lowest BCUT2D eigenvalue weighted by molar-refractivity contribution is -0.0110. The molecule has 4 nitrogen and oxygen atoms in total. The van der Waals surface area contributed by atoms with Crippen LogP contribution < -0.4 is 5.32 Å².